The van der Waals surface area contributed by atoms with Crippen molar-refractivity contribution in [2.45, 2.75) is 26.2 Å². The predicted molar refractivity (Wildman–Crippen MR) is 58.8 cm³/mol. The van der Waals surface area contributed by atoms with Gasteiger partial charge in [-0.3, -0.25) is 4.79 Å². The third-order valence-corrected chi connectivity index (χ3v) is 3.70. The summed E-state index contributed by atoms with van der Waals surface area (Å²) in [5.41, 5.74) is 0. The van der Waals surface area contributed by atoms with Gasteiger partial charge in [0.05, 0.1) is 6.61 Å². The number of Topliss-reactive ketones (excluding diaryl/α,β-unsaturated/α-hetero) is 1. The van der Waals surface area contributed by atoms with Crippen LogP contribution in [-0.2, 0) is 9.53 Å². The first-order valence-electron chi connectivity index (χ1n) is 6.06. The Labute approximate surface area is 91.8 Å². The fourth-order valence-electron chi connectivity index (χ4n) is 2.61. The molecule has 2 aliphatic rings. The molecular formula is C12H21NO2. The summed E-state index contributed by atoms with van der Waals surface area (Å²) < 4.78 is 5.38. The minimum Gasteiger partial charge on any atom is -0.381 e. The average molecular weight is 211 g/mol. The lowest BCUT2D eigenvalue weighted by Crippen LogP contribution is -2.38. The molecule has 0 aliphatic carbocycles. The maximum Gasteiger partial charge on any atom is 0.133 e. The molecule has 1 unspecified atom stereocenters. The summed E-state index contributed by atoms with van der Waals surface area (Å²) in [6, 6.07) is 0. The van der Waals surface area contributed by atoms with E-state index < -0.39 is 0 Å². The Morgan fingerprint density at radius 1 is 1.33 bits per heavy atom. The van der Waals surface area contributed by atoms with Gasteiger partial charge >= 0.3 is 0 Å². The number of hydrogen-bond donors (Lipinski definition) is 0. The van der Waals surface area contributed by atoms with E-state index in [1.807, 2.05) is 0 Å². The van der Waals surface area contributed by atoms with Crippen LogP contribution in [0.5, 0.6) is 0 Å². The van der Waals surface area contributed by atoms with Crippen molar-refractivity contribution >= 4 is 5.78 Å². The zero-order chi connectivity index (χ0) is 10.7. The van der Waals surface area contributed by atoms with Crippen LogP contribution in [0.2, 0.25) is 0 Å². The molecule has 2 aliphatic heterocycles. The van der Waals surface area contributed by atoms with Gasteiger partial charge in [-0.2, -0.15) is 0 Å². The Kier molecular flexibility index (Phi) is 3.76. The van der Waals surface area contributed by atoms with Gasteiger partial charge in [-0.1, -0.05) is 0 Å². The molecule has 0 bridgehead atoms. The quantitative estimate of drug-likeness (QED) is 0.705. The van der Waals surface area contributed by atoms with Crippen molar-refractivity contribution in [2.24, 2.45) is 11.8 Å². The summed E-state index contributed by atoms with van der Waals surface area (Å²) >= 11 is 0. The first-order valence-corrected chi connectivity index (χ1v) is 6.06. The second-order valence-electron chi connectivity index (χ2n) is 4.92. The lowest BCUT2D eigenvalue weighted by molar-refractivity contribution is -0.122. The van der Waals surface area contributed by atoms with Crippen LogP contribution < -0.4 is 0 Å². The van der Waals surface area contributed by atoms with Crippen LogP contribution in [0.15, 0.2) is 0 Å². The highest BCUT2D eigenvalue weighted by molar-refractivity contribution is 5.78. The number of piperidine rings is 1. The Morgan fingerprint density at radius 2 is 2.07 bits per heavy atom. The smallest absolute Gasteiger partial charge is 0.133 e. The van der Waals surface area contributed by atoms with Gasteiger partial charge in [0.2, 0.25) is 0 Å². The van der Waals surface area contributed by atoms with Crippen molar-refractivity contribution in [3.63, 3.8) is 0 Å². The zero-order valence-corrected chi connectivity index (χ0v) is 9.58. The normalized spacial score (nSPS) is 29.5. The first-order chi connectivity index (χ1) is 7.25. The number of nitrogens with zero attached hydrogens (tertiary/aromatic N) is 1. The van der Waals surface area contributed by atoms with E-state index in [9.17, 15) is 4.79 Å². The number of carbonyl (C=O) groups is 1. The van der Waals surface area contributed by atoms with Gasteiger partial charge in [-0.25, -0.2) is 0 Å². The van der Waals surface area contributed by atoms with Crippen molar-refractivity contribution in [2.75, 3.05) is 32.8 Å². The number of likely N-dealkylation sites (tertiary alicyclic amines) is 1. The molecule has 1 atom stereocenters. The standard InChI is InChI=1S/C12H21NO2/c1-10(14)12-2-5-13(6-3-12)8-11-4-7-15-9-11/h11-12H,2-9H2,1H3. The lowest BCUT2D eigenvalue weighted by Gasteiger charge is -2.32. The topological polar surface area (TPSA) is 29.5 Å². The van der Waals surface area contributed by atoms with E-state index >= 15 is 0 Å². The number of ether oxygens (including phenoxy) is 1. The third-order valence-electron chi connectivity index (χ3n) is 3.70. The first kappa shape index (κ1) is 11.1. The molecule has 0 aromatic rings. The van der Waals surface area contributed by atoms with Gasteiger partial charge in [0, 0.05) is 19.1 Å². The van der Waals surface area contributed by atoms with E-state index in [1.165, 1.54) is 13.0 Å². The molecule has 2 saturated heterocycles. The molecule has 0 saturated carbocycles. The summed E-state index contributed by atoms with van der Waals surface area (Å²) in [5.74, 6) is 1.44. The maximum atomic E-state index is 11.2. The molecule has 3 nitrogen and oxygen atoms in total. The van der Waals surface area contributed by atoms with Crippen molar-refractivity contribution in [3.05, 3.63) is 0 Å². The van der Waals surface area contributed by atoms with Gasteiger partial charge < -0.3 is 9.64 Å². The van der Waals surface area contributed by atoms with Crippen molar-refractivity contribution in [3.8, 4) is 0 Å². The third kappa shape index (κ3) is 3.02. The SMILES string of the molecule is CC(=O)C1CCN(CC2CCOC2)CC1. The predicted octanol–water partition coefficient (Wildman–Crippen LogP) is 1.32. The minimum absolute atomic E-state index is 0.334. The Hall–Kier alpha value is -0.410. The van der Waals surface area contributed by atoms with Crippen LogP contribution in [0.1, 0.15) is 26.2 Å². The van der Waals surface area contributed by atoms with Crippen LogP contribution in [0, 0.1) is 11.8 Å². The largest absolute Gasteiger partial charge is 0.381 e. The molecular weight excluding hydrogens is 190 g/mol. The van der Waals surface area contributed by atoms with Crippen molar-refractivity contribution < 1.29 is 9.53 Å². The van der Waals surface area contributed by atoms with Gasteiger partial charge in [-0.15, -0.1) is 0 Å². The van der Waals surface area contributed by atoms with E-state index in [-0.39, 0.29) is 0 Å². The van der Waals surface area contributed by atoms with Crippen molar-refractivity contribution in [1.82, 2.24) is 4.90 Å². The summed E-state index contributed by atoms with van der Waals surface area (Å²) in [4.78, 5) is 13.7. The van der Waals surface area contributed by atoms with E-state index in [0.29, 0.717) is 11.7 Å². The summed E-state index contributed by atoms with van der Waals surface area (Å²) in [7, 11) is 0. The van der Waals surface area contributed by atoms with Crippen LogP contribution in [0.3, 0.4) is 0 Å². The Balaban J connectivity index is 1.71. The van der Waals surface area contributed by atoms with E-state index in [4.69, 9.17) is 4.74 Å². The van der Waals surface area contributed by atoms with Crippen molar-refractivity contribution in [1.29, 1.82) is 0 Å². The molecule has 0 aromatic heterocycles. The highest BCUT2D eigenvalue weighted by atomic mass is 16.5. The highest BCUT2D eigenvalue weighted by Crippen LogP contribution is 2.21. The molecule has 2 rings (SSSR count). The second kappa shape index (κ2) is 5.08. The fourth-order valence-corrected chi connectivity index (χ4v) is 2.61. The number of rotatable bonds is 3. The van der Waals surface area contributed by atoms with E-state index in [0.717, 1.165) is 45.1 Å². The van der Waals surface area contributed by atoms with E-state index in [2.05, 4.69) is 4.90 Å². The van der Waals surface area contributed by atoms with Gasteiger partial charge in [0.1, 0.15) is 5.78 Å². The summed E-state index contributed by atoms with van der Waals surface area (Å²) in [5, 5.41) is 0. The molecule has 3 heteroatoms. The molecule has 2 fully saturated rings. The summed E-state index contributed by atoms with van der Waals surface area (Å²) in [6.07, 6.45) is 3.33. The second-order valence-corrected chi connectivity index (χ2v) is 4.92. The lowest BCUT2D eigenvalue weighted by atomic mass is 9.93. The molecule has 0 amide bonds. The van der Waals surface area contributed by atoms with Crippen LogP contribution in [0.4, 0.5) is 0 Å². The molecule has 0 spiro atoms. The molecule has 0 N–H and O–H groups in total. The van der Waals surface area contributed by atoms with Gasteiger partial charge in [-0.05, 0) is 45.2 Å². The molecule has 86 valence electrons. The van der Waals surface area contributed by atoms with Crippen LogP contribution in [0.25, 0.3) is 0 Å². The van der Waals surface area contributed by atoms with Crippen LogP contribution in [-0.4, -0.2) is 43.5 Å². The molecule has 0 aromatic carbocycles. The highest BCUT2D eigenvalue weighted by Gasteiger charge is 2.25. The molecule has 2 heterocycles. The maximum absolute atomic E-state index is 11.2. The minimum atomic E-state index is 0.334. The van der Waals surface area contributed by atoms with E-state index in [1.54, 1.807) is 6.92 Å². The average Bonchev–Trinajstić information content (AvgIpc) is 2.71. The van der Waals surface area contributed by atoms with Gasteiger partial charge in [0.15, 0.2) is 0 Å². The summed E-state index contributed by atoms with van der Waals surface area (Å²) in [6.45, 7) is 6.97. The Morgan fingerprint density at radius 3 is 2.60 bits per heavy atom. The zero-order valence-electron chi connectivity index (χ0n) is 9.58. The molecule has 0 radical (unpaired) electrons. The number of ketones is 1. The number of carbonyl (C=O) groups excluding carboxylic acids is 1. The fraction of sp³-hybridized carbons (Fsp3) is 0.917. The Bertz CT molecular complexity index is 216. The van der Waals surface area contributed by atoms with Crippen LogP contribution >= 0.6 is 0 Å². The monoisotopic (exact) mass is 211 g/mol. The van der Waals surface area contributed by atoms with Gasteiger partial charge in [0.25, 0.3) is 0 Å². The molecule has 15 heavy (non-hydrogen) atoms. The number of hydrogen-bond acceptors (Lipinski definition) is 3.